The number of aryl methyl sites for hydroxylation is 1. The summed E-state index contributed by atoms with van der Waals surface area (Å²) in [4.78, 5) is 0. The van der Waals surface area contributed by atoms with Crippen molar-refractivity contribution < 1.29 is 4.74 Å². The Labute approximate surface area is 110 Å². The van der Waals surface area contributed by atoms with Crippen molar-refractivity contribution in [3.05, 3.63) is 29.3 Å². The molecule has 3 nitrogen and oxygen atoms in total. The lowest BCUT2D eigenvalue weighted by atomic mass is 9.83. The van der Waals surface area contributed by atoms with E-state index in [1.165, 1.54) is 5.56 Å². The number of nitrogens with one attached hydrogen (secondary N) is 1. The van der Waals surface area contributed by atoms with Gasteiger partial charge in [0.2, 0.25) is 0 Å². The van der Waals surface area contributed by atoms with Gasteiger partial charge >= 0.3 is 0 Å². The van der Waals surface area contributed by atoms with Crippen molar-refractivity contribution in [2.45, 2.75) is 39.2 Å². The number of hydrogen-bond acceptors (Lipinski definition) is 3. The number of rotatable bonds is 5. The standard InChI is InChI=1S/C15H22N2O/c1-11-8-13(6-7-14(11)18-5)15(3,4)10-17-12(2)9-16/h6-8,12,17H,10H2,1-5H3. The Morgan fingerprint density at radius 3 is 2.61 bits per heavy atom. The van der Waals surface area contributed by atoms with E-state index in [-0.39, 0.29) is 11.5 Å². The minimum Gasteiger partial charge on any atom is -0.496 e. The molecule has 1 aromatic rings. The molecule has 0 aliphatic carbocycles. The van der Waals surface area contributed by atoms with E-state index in [1.807, 2.05) is 19.9 Å². The molecule has 98 valence electrons. The van der Waals surface area contributed by atoms with Gasteiger partial charge in [-0.15, -0.1) is 0 Å². The molecule has 0 aliphatic heterocycles. The van der Waals surface area contributed by atoms with Crippen molar-refractivity contribution in [3.63, 3.8) is 0 Å². The topological polar surface area (TPSA) is 45.0 Å². The molecule has 1 N–H and O–H groups in total. The van der Waals surface area contributed by atoms with Crippen LogP contribution in [0.2, 0.25) is 0 Å². The van der Waals surface area contributed by atoms with Gasteiger partial charge in [0.1, 0.15) is 5.75 Å². The highest BCUT2D eigenvalue weighted by molar-refractivity contribution is 5.39. The van der Waals surface area contributed by atoms with E-state index >= 15 is 0 Å². The third kappa shape index (κ3) is 3.48. The summed E-state index contributed by atoms with van der Waals surface area (Å²) in [6.07, 6.45) is 0. The van der Waals surface area contributed by atoms with Crippen LogP contribution in [0.5, 0.6) is 5.75 Å². The molecule has 0 spiro atoms. The quantitative estimate of drug-likeness (QED) is 0.869. The van der Waals surface area contributed by atoms with E-state index in [0.717, 1.165) is 17.9 Å². The maximum Gasteiger partial charge on any atom is 0.121 e. The second-order valence-corrected chi connectivity index (χ2v) is 5.30. The monoisotopic (exact) mass is 246 g/mol. The van der Waals surface area contributed by atoms with Gasteiger partial charge in [0.05, 0.1) is 19.2 Å². The van der Waals surface area contributed by atoms with Crippen LogP contribution < -0.4 is 10.1 Å². The summed E-state index contributed by atoms with van der Waals surface area (Å²) in [5.41, 5.74) is 2.37. The predicted molar refractivity (Wildman–Crippen MR) is 73.8 cm³/mol. The molecule has 0 heterocycles. The fraction of sp³-hybridized carbons (Fsp3) is 0.533. The van der Waals surface area contributed by atoms with Gasteiger partial charge in [-0.2, -0.15) is 5.26 Å². The first-order valence-corrected chi connectivity index (χ1v) is 6.19. The summed E-state index contributed by atoms with van der Waals surface area (Å²) < 4.78 is 5.27. The fourth-order valence-electron chi connectivity index (χ4n) is 1.86. The van der Waals surface area contributed by atoms with E-state index < -0.39 is 0 Å². The molecule has 18 heavy (non-hydrogen) atoms. The van der Waals surface area contributed by atoms with E-state index in [4.69, 9.17) is 10.00 Å². The smallest absolute Gasteiger partial charge is 0.121 e. The van der Waals surface area contributed by atoms with E-state index in [9.17, 15) is 0 Å². The lowest BCUT2D eigenvalue weighted by molar-refractivity contribution is 0.410. The molecule has 0 aliphatic rings. The zero-order valence-corrected chi connectivity index (χ0v) is 11.9. The summed E-state index contributed by atoms with van der Waals surface area (Å²) in [6, 6.07) is 8.30. The Bertz CT molecular complexity index is 446. The molecule has 0 bridgehead atoms. The fourth-order valence-corrected chi connectivity index (χ4v) is 1.86. The van der Waals surface area contributed by atoms with Gasteiger partial charge in [-0.05, 0) is 31.0 Å². The van der Waals surface area contributed by atoms with Crippen LogP contribution in [-0.4, -0.2) is 19.7 Å². The average Bonchev–Trinajstić information content (AvgIpc) is 2.35. The molecule has 0 saturated carbocycles. The second-order valence-electron chi connectivity index (χ2n) is 5.30. The summed E-state index contributed by atoms with van der Waals surface area (Å²) in [6.45, 7) is 9.03. The van der Waals surface area contributed by atoms with E-state index in [2.05, 4.69) is 37.4 Å². The Balaban J connectivity index is 2.85. The molecule has 1 unspecified atom stereocenters. The first-order valence-electron chi connectivity index (χ1n) is 6.19. The molecule has 0 amide bonds. The highest BCUT2D eigenvalue weighted by Gasteiger charge is 2.21. The first kappa shape index (κ1) is 14.5. The minimum atomic E-state index is -0.122. The Kier molecular flexibility index (Phi) is 4.75. The van der Waals surface area contributed by atoms with Crippen molar-refractivity contribution in [1.29, 1.82) is 5.26 Å². The second kappa shape index (κ2) is 5.88. The SMILES string of the molecule is COc1ccc(C(C)(C)CNC(C)C#N)cc1C. The summed E-state index contributed by atoms with van der Waals surface area (Å²) in [5.74, 6) is 0.910. The number of hydrogen-bond donors (Lipinski definition) is 1. The van der Waals surface area contributed by atoms with Crippen molar-refractivity contribution in [2.75, 3.05) is 13.7 Å². The lowest BCUT2D eigenvalue weighted by Gasteiger charge is -2.27. The van der Waals surface area contributed by atoms with Crippen molar-refractivity contribution in [3.8, 4) is 11.8 Å². The van der Waals surface area contributed by atoms with Gasteiger partial charge in [-0.1, -0.05) is 26.0 Å². The van der Waals surface area contributed by atoms with Crippen LogP contribution in [-0.2, 0) is 5.41 Å². The molecule has 3 heteroatoms. The number of nitriles is 1. The highest BCUT2D eigenvalue weighted by Crippen LogP contribution is 2.27. The zero-order valence-electron chi connectivity index (χ0n) is 11.9. The Morgan fingerprint density at radius 2 is 2.11 bits per heavy atom. The third-order valence-corrected chi connectivity index (χ3v) is 3.22. The largest absolute Gasteiger partial charge is 0.496 e. The predicted octanol–water partition coefficient (Wildman–Crippen LogP) is 2.78. The summed E-state index contributed by atoms with van der Waals surface area (Å²) in [5, 5.41) is 12.0. The van der Waals surface area contributed by atoms with Gasteiger partial charge in [0.25, 0.3) is 0 Å². The van der Waals surface area contributed by atoms with E-state index in [0.29, 0.717) is 0 Å². The average molecular weight is 246 g/mol. The Morgan fingerprint density at radius 1 is 1.44 bits per heavy atom. The van der Waals surface area contributed by atoms with Crippen LogP contribution in [0.1, 0.15) is 31.9 Å². The molecule has 0 saturated heterocycles. The first-order chi connectivity index (χ1) is 8.40. The van der Waals surface area contributed by atoms with E-state index in [1.54, 1.807) is 7.11 Å². The Hall–Kier alpha value is -1.53. The maximum absolute atomic E-state index is 8.79. The van der Waals surface area contributed by atoms with Crippen LogP contribution in [0.25, 0.3) is 0 Å². The van der Waals surface area contributed by atoms with Gasteiger partial charge in [0, 0.05) is 12.0 Å². The lowest BCUT2D eigenvalue weighted by Crippen LogP contribution is -2.37. The van der Waals surface area contributed by atoms with Crippen molar-refractivity contribution in [1.82, 2.24) is 5.32 Å². The number of ether oxygens (including phenoxy) is 1. The zero-order chi connectivity index (χ0) is 13.8. The molecular weight excluding hydrogens is 224 g/mol. The summed E-state index contributed by atoms with van der Waals surface area (Å²) >= 11 is 0. The van der Waals surface area contributed by atoms with Crippen LogP contribution in [0.3, 0.4) is 0 Å². The summed E-state index contributed by atoms with van der Waals surface area (Å²) in [7, 11) is 1.68. The van der Waals surface area contributed by atoms with Crippen molar-refractivity contribution >= 4 is 0 Å². The molecular formula is C15H22N2O. The molecule has 1 rings (SSSR count). The van der Waals surface area contributed by atoms with Crippen molar-refractivity contribution in [2.24, 2.45) is 0 Å². The molecule has 1 aromatic carbocycles. The molecule has 0 radical (unpaired) electrons. The normalized spacial score (nSPS) is 12.9. The third-order valence-electron chi connectivity index (χ3n) is 3.22. The number of nitrogens with zero attached hydrogens (tertiary/aromatic N) is 1. The number of methoxy groups -OCH3 is 1. The number of benzene rings is 1. The van der Waals surface area contributed by atoms with Crippen LogP contribution >= 0.6 is 0 Å². The molecule has 1 atom stereocenters. The minimum absolute atomic E-state index is 0.0118. The maximum atomic E-state index is 8.79. The van der Waals surface area contributed by atoms with Crippen LogP contribution in [0, 0.1) is 18.3 Å². The van der Waals surface area contributed by atoms with Crippen LogP contribution in [0.4, 0.5) is 0 Å². The van der Waals surface area contributed by atoms with Crippen LogP contribution in [0.15, 0.2) is 18.2 Å². The van der Waals surface area contributed by atoms with Gasteiger partial charge in [0.15, 0.2) is 0 Å². The molecule has 0 fully saturated rings. The molecule has 0 aromatic heterocycles. The van der Waals surface area contributed by atoms with Gasteiger partial charge in [-0.25, -0.2) is 0 Å². The van der Waals surface area contributed by atoms with Gasteiger partial charge in [-0.3, -0.25) is 0 Å². The van der Waals surface area contributed by atoms with Gasteiger partial charge < -0.3 is 10.1 Å². The highest BCUT2D eigenvalue weighted by atomic mass is 16.5.